The topological polar surface area (TPSA) is 75.3 Å². The van der Waals surface area contributed by atoms with Crippen LogP contribution in [0.15, 0.2) is 53.3 Å². The van der Waals surface area contributed by atoms with Gasteiger partial charge in [-0.05, 0) is 44.0 Å². The van der Waals surface area contributed by atoms with Crippen molar-refractivity contribution in [3.8, 4) is 5.75 Å². The van der Waals surface area contributed by atoms with Crippen LogP contribution in [0, 0.1) is 0 Å². The van der Waals surface area contributed by atoms with E-state index in [9.17, 15) is 9.59 Å². The number of hydrogen-bond donors (Lipinski definition) is 1. The number of amides is 1. The van der Waals surface area contributed by atoms with Gasteiger partial charge in [-0.2, -0.15) is 0 Å². The van der Waals surface area contributed by atoms with Gasteiger partial charge in [0.2, 0.25) is 5.91 Å². The molecular formula is C22H25N3O3. The molecule has 1 heterocycles. The predicted octanol–water partition coefficient (Wildman–Crippen LogP) is 3.30. The fourth-order valence-electron chi connectivity index (χ4n) is 3.22. The lowest BCUT2D eigenvalue weighted by molar-refractivity contribution is -0.133. The summed E-state index contributed by atoms with van der Waals surface area (Å²) in [7, 11) is 1.63. The summed E-state index contributed by atoms with van der Waals surface area (Å²) in [5.74, 6) is 1.28. The van der Waals surface area contributed by atoms with Gasteiger partial charge < -0.3 is 14.6 Å². The number of para-hydroxylation sites is 2. The average Bonchev–Trinajstić information content (AvgIpc) is 2.70. The Bertz CT molecular complexity index is 1030. The molecule has 28 heavy (non-hydrogen) atoms. The molecule has 6 heteroatoms. The molecule has 0 unspecified atom stereocenters. The first-order valence-electron chi connectivity index (χ1n) is 9.39. The molecule has 0 saturated carbocycles. The van der Waals surface area contributed by atoms with Crippen molar-refractivity contribution in [2.24, 2.45) is 0 Å². The number of fused-ring (bicyclic) bond motifs is 1. The van der Waals surface area contributed by atoms with Crippen molar-refractivity contribution in [3.05, 3.63) is 70.3 Å². The van der Waals surface area contributed by atoms with Crippen LogP contribution in [0.1, 0.15) is 31.7 Å². The minimum atomic E-state index is -0.189. The van der Waals surface area contributed by atoms with E-state index in [0.717, 1.165) is 11.3 Å². The Morgan fingerprint density at radius 1 is 1.14 bits per heavy atom. The van der Waals surface area contributed by atoms with Crippen LogP contribution < -0.4 is 10.3 Å². The first-order chi connectivity index (χ1) is 13.5. The number of rotatable bonds is 7. The number of nitrogens with one attached hydrogen (secondary N) is 1. The van der Waals surface area contributed by atoms with E-state index in [4.69, 9.17) is 4.74 Å². The SMILES string of the molecule is COc1ccccc1CCC(=O)N(Cc1nc2ccccc2c(=O)[nH]1)C(C)C. The lowest BCUT2D eigenvalue weighted by Gasteiger charge is -2.26. The number of benzene rings is 2. The zero-order valence-electron chi connectivity index (χ0n) is 16.4. The molecule has 6 nitrogen and oxygen atoms in total. The first kappa shape index (κ1) is 19.6. The van der Waals surface area contributed by atoms with Crippen LogP contribution in [0.25, 0.3) is 10.9 Å². The zero-order chi connectivity index (χ0) is 20.1. The van der Waals surface area contributed by atoms with E-state index in [1.54, 1.807) is 30.2 Å². The Morgan fingerprint density at radius 3 is 2.61 bits per heavy atom. The Morgan fingerprint density at radius 2 is 1.86 bits per heavy atom. The van der Waals surface area contributed by atoms with Crippen molar-refractivity contribution in [1.82, 2.24) is 14.9 Å². The van der Waals surface area contributed by atoms with Crippen LogP contribution in [-0.2, 0) is 17.8 Å². The van der Waals surface area contributed by atoms with Crippen LogP contribution in [0.5, 0.6) is 5.75 Å². The average molecular weight is 379 g/mol. The maximum atomic E-state index is 12.9. The smallest absolute Gasteiger partial charge is 0.258 e. The highest BCUT2D eigenvalue weighted by molar-refractivity contribution is 5.78. The van der Waals surface area contributed by atoms with Gasteiger partial charge in [0.05, 0.1) is 24.6 Å². The van der Waals surface area contributed by atoms with Crippen LogP contribution >= 0.6 is 0 Å². The van der Waals surface area contributed by atoms with Gasteiger partial charge in [-0.3, -0.25) is 9.59 Å². The summed E-state index contributed by atoms with van der Waals surface area (Å²) in [4.78, 5) is 34.2. The number of H-pyrrole nitrogens is 1. The van der Waals surface area contributed by atoms with Gasteiger partial charge in [0.1, 0.15) is 11.6 Å². The molecule has 0 aliphatic rings. The molecule has 3 rings (SSSR count). The summed E-state index contributed by atoms with van der Waals surface area (Å²) in [6.07, 6.45) is 0.949. The van der Waals surface area contributed by atoms with Crippen LogP contribution in [0.4, 0.5) is 0 Å². The third kappa shape index (κ3) is 4.39. The molecule has 0 radical (unpaired) electrons. The zero-order valence-corrected chi connectivity index (χ0v) is 16.4. The number of nitrogens with zero attached hydrogens (tertiary/aromatic N) is 2. The molecule has 0 atom stereocenters. The summed E-state index contributed by atoms with van der Waals surface area (Å²) in [5, 5.41) is 0.546. The van der Waals surface area contributed by atoms with E-state index in [-0.39, 0.29) is 24.1 Å². The lowest BCUT2D eigenvalue weighted by atomic mass is 10.1. The van der Waals surface area contributed by atoms with Gasteiger partial charge in [0.25, 0.3) is 5.56 Å². The van der Waals surface area contributed by atoms with Crippen molar-refractivity contribution in [3.63, 3.8) is 0 Å². The number of aryl methyl sites for hydroxylation is 1. The lowest BCUT2D eigenvalue weighted by Crippen LogP contribution is -2.37. The third-order valence-electron chi connectivity index (χ3n) is 4.73. The fraction of sp³-hybridized carbons (Fsp3) is 0.318. The maximum Gasteiger partial charge on any atom is 0.258 e. The second-order valence-corrected chi connectivity index (χ2v) is 6.96. The minimum absolute atomic E-state index is 0.0108. The summed E-state index contributed by atoms with van der Waals surface area (Å²) in [6.45, 7) is 4.18. The minimum Gasteiger partial charge on any atom is -0.496 e. The highest BCUT2D eigenvalue weighted by atomic mass is 16.5. The molecule has 0 bridgehead atoms. The predicted molar refractivity (Wildman–Crippen MR) is 109 cm³/mol. The number of aromatic nitrogens is 2. The number of carbonyl (C=O) groups is 1. The van der Waals surface area contributed by atoms with Crippen LogP contribution in [-0.4, -0.2) is 33.9 Å². The molecule has 146 valence electrons. The molecule has 0 spiro atoms. The van der Waals surface area contributed by atoms with Gasteiger partial charge in [-0.25, -0.2) is 4.98 Å². The fourth-order valence-corrected chi connectivity index (χ4v) is 3.22. The van der Waals surface area contributed by atoms with Crippen LogP contribution in [0.2, 0.25) is 0 Å². The van der Waals surface area contributed by atoms with Crippen molar-refractivity contribution in [1.29, 1.82) is 0 Å². The Hall–Kier alpha value is -3.15. The molecule has 3 aromatic rings. The third-order valence-corrected chi connectivity index (χ3v) is 4.73. The monoisotopic (exact) mass is 379 g/mol. The van der Waals surface area contributed by atoms with E-state index >= 15 is 0 Å². The maximum absolute atomic E-state index is 12.9. The van der Waals surface area contributed by atoms with Gasteiger partial charge >= 0.3 is 0 Å². The first-order valence-corrected chi connectivity index (χ1v) is 9.39. The number of aromatic amines is 1. The Labute approximate surface area is 164 Å². The quantitative estimate of drug-likeness (QED) is 0.683. The van der Waals surface area contributed by atoms with Crippen molar-refractivity contribution in [2.75, 3.05) is 7.11 Å². The van der Waals surface area contributed by atoms with E-state index in [0.29, 0.717) is 29.6 Å². The normalized spacial score (nSPS) is 11.0. The van der Waals surface area contributed by atoms with E-state index in [1.807, 2.05) is 44.2 Å². The van der Waals surface area contributed by atoms with Gasteiger partial charge in [-0.1, -0.05) is 30.3 Å². The number of ether oxygens (including phenoxy) is 1. The molecular weight excluding hydrogens is 354 g/mol. The summed E-state index contributed by atoms with van der Waals surface area (Å²) in [6, 6.07) is 14.9. The summed E-state index contributed by atoms with van der Waals surface area (Å²) < 4.78 is 5.36. The van der Waals surface area contributed by atoms with E-state index in [1.165, 1.54) is 0 Å². The molecule has 1 amide bonds. The van der Waals surface area contributed by atoms with E-state index < -0.39 is 0 Å². The second-order valence-electron chi connectivity index (χ2n) is 6.96. The second kappa shape index (κ2) is 8.69. The van der Waals surface area contributed by atoms with Gasteiger partial charge in [-0.15, -0.1) is 0 Å². The standard InChI is InChI=1S/C22H25N3O3/c1-15(2)25(21(26)13-12-16-8-4-7-11-19(16)28-3)14-20-23-18-10-6-5-9-17(18)22(27)24-20/h4-11,15H,12-14H2,1-3H3,(H,23,24,27). The van der Waals surface area contributed by atoms with Crippen molar-refractivity contribution in [2.45, 2.75) is 39.3 Å². The Kier molecular flexibility index (Phi) is 6.09. The van der Waals surface area contributed by atoms with Gasteiger partial charge in [0.15, 0.2) is 0 Å². The highest BCUT2D eigenvalue weighted by Gasteiger charge is 2.19. The number of hydrogen-bond acceptors (Lipinski definition) is 4. The summed E-state index contributed by atoms with van der Waals surface area (Å²) >= 11 is 0. The largest absolute Gasteiger partial charge is 0.496 e. The van der Waals surface area contributed by atoms with Crippen molar-refractivity contribution >= 4 is 16.8 Å². The summed E-state index contributed by atoms with van der Waals surface area (Å²) in [5.41, 5.74) is 1.44. The molecule has 1 aromatic heterocycles. The van der Waals surface area contributed by atoms with Crippen molar-refractivity contribution < 1.29 is 9.53 Å². The molecule has 2 aromatic carbocycles. The molecule has 0 aliphatic heterocycles. The molecule has 1 N–H and O–H groups in total. The number of methoxy groups -OCH3 is 1. The molecule has 0 aliphatic carbocycles. The molecule has 0 saturated heterocycles. The number of carbonyl (C=O) groups excluding carboxylic acids is 1. The Balaban J connectivity index is 1.76. The molecule has 0 fully saturated rings. The van der Waals surface area contributed by atoms with E-state index in [2.05, 4.69) is 9.97 Å². The highest BCUT2D eigenvalue weighted by Crippen LogP contribution is 2.20. The van der Waals surface area contributed by atoms with Gasteiger partial charge in [0, 0.05) is 12.5 Å². The van der Waals surface area contributed by atoms with Crippen LogP contribution in [0.3, 0.4) is 0 Å².